The van der Waals surface area contributed by atoms with Crippen molar-refractivity contribution in [3.63, 3.8) is 0 Å². The minimum absolute atomic E-state index is 0.268. The third kappa shape index (κ3) is 5.50. The highest BCUT2D eigenvalue weighted by Gasteiger charge is 2.15. The SMILES string of the molecule is COc1ccc(OCCSCC(=O)N2CCCCC2)cc1. The van der Waals surface area contributed by atoms with Crippen LogP contribution in [0.5, 0.6) is 11.5 Å². The van der Waals surface area contributed by atoms with Crippen LogP contribution in [-0.2, 0) is 4.79 Å². The number of carbonyl (C=O) groups is 1. The summed E-state index contributed by atoms with van der Waals surface area (Å²) in [5.74, 6) is 3.31. The number of nitrogens with zero attached hydrogens (tertiary/aromatic N) is 1. The van der Waals surface area contributed by atoms with E-state index < -0.39 is 0 Å². The Hall–Kier alpha value is -1.36. The summed E-state index contributed by atoms with van der Waals surface area (Å²) in [5, 5.41) is 0. The molecule has 2 rings (SSSR count). The molecule has 5 heteroatoms. The van der Waals surface area contributed by atoms with Gasteiger partial charge in [-0.3, -0.25) is 4.79 Å². The van der Waals surface area contributed by atoms with Crippen molar-refractivity contribution in [2.75, 3.05) is 38.3 Å². The van der Waals surface area contributed by atoms with Crippen LogP contribution in [0.1, 0.15) is 19.3 Å². The first kappa shape index (κ1) is 16.0. The molecule has 0 N–H and O–H groups in total. The Morgan fingerprint density at radius 1 is 1.14 bits per heavy atom. The largest absolute Gasteiger partial charge is 0.497 e. The van der Waals surface area contributed by atoms with Gasteiger partial charge >= 0.3 is 0 Å². The number of amides is 1. The fourth-order valence-corrected chi connectivity index (χ4v) is 2.99. The standard InChI is InChI=1S/C16H23NO3S/c1-19-14-5-7-15(8-6-14)20-11-12-21-13-16(18)17-9-3-2-4-10-17/h5-8H,2-4,9-13H2,1H3. The Balaban J connectivity index is 1.57. The molecular formula is C16H23NO3S. The van der Waals surface area contributed by atoms with E-state index in [0.717, 1.165) is 43.2 Å². The molecule has 1 aliphatic rings. The minimum atomic E-state index is 0.268. The number of likely N-dealkylation sites (tertiary alicyclic amines) is 1. The van der Waals surface area contributed by atoms with Gasteiger partial charge in [0.15, 0.2) is 0 Å². The minimum Gasteiger partial charge on any atom is -0.497 e. The Labute approximate surface area is 130 Å². The maximum atomic E-state index is 12.0. The summed E-state index contributed by atoms with van der Waals surface area (Å²) in [6.07, 6.45) is 3.56. The van der Waals surface area contributed by atoms with Gasteiger partial charge < -0.3 is 14.4 Å². The molecule has 0 saturated carbocycles. The molecule has 0 radical (unpaired) electrons. The zero-order valence-corrected chi connectivity index (χ0v) is 13.4. The first-order valence-corrected chi connectivity index (χ1v) is 8.57. The number of benzene rings is 1. The van der Waals surface area contributed by atoms with Crippen molar-refractivity contribution in [3.8, 4) is 11.5 Å². The van der Waals surface area contributed by atoms with Crippen LogP contribution >= 0.6 is 11.8 Å². The molecule has 0 unspecified atom stereocenters. The van der Waals surface area contributed by atoms with E-state index in [9.17, 15) is 4.79 Å². The number of carbonyl (C=O) groups excluding carboxylic acids is 1. The highest BCUT2D eigenvalue weighted by Crippen LogP contribution is 2.17. The summed E-state index contributed by atoms with van der Waals surface area (Å²) in [6.45, 7) is 2.48. The molecule has 0 aliphatic carbocycles. The van der Waals surface area contributed by atoms with Crippen molar-refractivity contribution in [3.05, 3.63) is 24.3 Å². The average Bonchev–Trinajstić information content (AvgIpc) is 2.55. The van der Waals surface area contributed by atoms with Crippen LogP contribution in [-0.4, -0.2) is 49.1 Å². The topological polar surface area (TPSA) is 38.8 Å². The molecule has 0 aromatic heterocycles. The van der Waals surface area contributed by atoms with Crippen LogP contribution in [0.4, 0.5) is 0 Å². The van der Waals surface area contributed by atoms with E-state index in [1.54, 1.807) is 18.9 Å². The van der Waals surface area contributed by atoms with Gasteiger partial charge in [0.25, 0.3) is 0 Å². The highest BCUT2D eigenvalue weighted by atomic mass is 32.2. The maximum absolute atomic E-state index is 12.0. The second-order valence-corrected chi connectivity index (χ2v) is 6.12. The van der Waals surface area contributed by atoms with Gasteiger partial charge in [-0.25, -0.2) is 0 Å². The van der Waals surface area contributed by atoms with Crippen molar-refractivity contribution in [1.82, 2.24) is 4.90 Å². The molecule has 1 amide bonds. The quantitative estimate of drug-likeness (QED) is 0.726. The van der Waals surface area contributed by atoms with Crippen LogP contribution in [0, 0.1) is 0 Å². The van der Waals surface area contributed by atoms with E-state index in [2.05, 4.69) is 0 Å². The van der Waals surface area contributed by atoms with Gasteiger partial charge in [-0.1, -0.05) is 0 Å². The lowest BCUT2D eigenvalue weighted by molar-refractivity contribution is -0.129. The van der Waals surface area contributed by atoms with E-state index in [4.69, 9.17) is 9.47 Å². The van der Waals surface area contributed by atoms with Crippen LogP contribution < -0.4 is 9.47 Å². The molecular weight excluding hydrogens is 286 g/mol. The van der Waals surface area contributed by atoms with E-state index in [1.165, 1.54) is 6.42 Å². The molecule has 4 nitrogen and oxygen atoms in total. The van der Waals surface area contributed by atoms with Crippen molar-refractivity contribution in [2.24, 2.45) is 0 Å². The van der Waals surface area contributed by atoms with E-state index >= 15 is 0 Å². The molecule has 1 aromatic carbocycles. The van der Waals surface area contributed by atoms with Gasteiger partial charge in [0.05, 0.1) is 19.5 Å². The fraction of sp³-hybridized carbons (Fsp3) is 0.562. The lowest BCUT2D eigenvalue weighted by Gasteiger charge is -2.26. The van der Waals surface area contributed by atoms with Crippen molar-refractivity contribution >= 4 is 17.7 Å². The molecule has 1 aliphatic heterocycles. The van der Waals surface area contributed by atoms with Crippen molar-refractivity contribution in [2.45, 2.75) is 19.3 Å². The predicted molar refractivity (Wildman–Crippen MR) is 86.2 cm³/mol. The van der Waals surface area contributed by atoms with E-state index in [1.807, 2.05) is 29.2 Å². The fourth-order valence-electron chi connectivity index (χ4n) is 2.28. The monoisotopic (exact) mass is 309 g/mol. The molecule has 1 saturated heterocycles. The summed E-state index contributed by atoms with van der Waals surface area (Å²) in [6, 6.07) is 7.54. The molecule has 0 atom stereocenters. The van der Waals surface area contributed by atoms with Crippen LogP contribution in [0.15, 0.2) is 24.3 Å². The third-order valence-corrected chi connectivity index (χ3v) is 4.40. The smallest absolute Gasteiger partial charge is 0.232 e. The van der Waals surface area contributed by atoms with Gasteiger partial charge in [0.2, 0.25) is 5.91 Å². The van der Waals surface area contributed by atoms with Gasteiger partial charge in [-0.05, 0) is 43.5 Å². The number of hydrogen-bond acceptors (Lipinski definition) is 4. The maximum Gasteiger partial charge on any atom is 0.232 e. The highest BCUT2D eigenvalue weighted by molar-refractivity contribution is 7.99. The average molecular weight is 309 g/mol. The Morgan fingerprint density at radius 2 is 1.81 bits per heavy atom. The zero-order valence-electron chi connectivity index (χ0n) is 12.5. The zero-order chi connectivity index (χ0) is 14.9. The van der Waals surface area contributed by atoms with Gasteiger partial charge in [0, 0.05) is 18.8 Å². The summed E-state index contributed by atoms with van der Waals surface area (Å²) in [4.78, 5) is 13.9. The van der Waals surface area contributed by atoms with Crippen molar-refractivity contribution < 1.29 is 14.3 Å². The van der Waals surface area contributed by atoms with Crippen molar-refractivity contribution in [1.29, 1.82) is 0 Å². The van der Waals surface area contributed by atoms with E-state index in [-0.39, 0.29) is 5.91 Å². The molecule has 116 valence electrons. The Bertz CT molecular complexity index is 430. The number of rotatable bonds is 7. The van der Waals surface area contributed by atoms with Gasteiger partial charge in [-0.2, -0.15) is 0 Å². The molecule has 0 spiro atoms. The molecule has 1 heterocycles. The number of methoxy groups -OCH3 is 1. The lowest BCUT2D eigenvalue weighted by Crippen LogP contribution is -2.36. The second kappa shape index (κ2) is 8.82. The van der Waals surface area contributed by atoms with Crippen LogP contribution in [0.2, 0.25) is 0 Å². The number of hydrogen-bond donors (Lipinski definition) is 0. The number of thioether (sulfide) groups is 1. The summed E-state index contributed by atoms with van der Waals surface area (Å²) in [5.41, 5.74) is 0. The lowest BCUT2D eigenvalue weighted by atomic mass is 10.1. The number of ether oxygens (including phenoxy) is 2. The first-order chi connectivity index (χ1) is 10.3. The normalized spacial score (nSPS) is 14.8. The summed E-state index contributed by atoms with van der Waals surface area (Å²) in [7, 11) is 1.64. The summed E-state index contributed by atoms with van der Waals surface area (Å²) < 4.78 is 10.7. The van der Waals surface area contributed by atoms with E-state index in [0.29, 0.717) is 12.4 Å². The Morgan fingerprint density at radius 3 is 2.48 bits per heavy atom. The first-order valence-electron chi connectivity index (χ1n) is 7.42. The molecule has 1 aromatic rings. The second-order valence-electron chi connectivity index (χ2n) is 5.02. The molecule has 1 fully saturated rings. The summed E-state index contributed by atoms with van der Waals surface area (Å²) >= 11 is 1.64. The third-order valence-electron chi connectivity index (χ3n) is 3.49. The van der Waals surface area contributed by atoms with Gasteiger partial charge in [-0.15, -0.1) is 11.8 Å². The molecule has 0 bridgehead atoms. The van der Waals surface area contributed by atoms with Crippen LogP contribution in [0.25, 0.3) is 0 Å². The van der Waals surface area contributed by atoms with Gasteiger partial charge in [0.1, 0.15) is 11.5 Å². The number of piperidine rings is 1. The van der Waals surface area contributed by atoms with Crippen LogP contribution in [0.3, 0.4) is 0 Å². The molecule has 21 heavy (non-hydrogen) atoms. The predicted octanol–water partition coefficient (Wildman–Crippen LogP) is 2.82. The Kier molecular flexibility index (Phi) is 6.73.